The quantitative estimate of drug-likeness (QED) is 0.662. The molecule has 0 aromatic heterocycles. The van der Waals surface area contributed by atoms with Gasteiger partial charge in [0.15, 0.2) is 0 Å². The van der Waals surface area contributed by atoms with Crippen molar-refractivity contribution < 1.29 is 22.7 Å². The smallest absolute Gasteiger partial charge is 0.411 e. The maximum Gasteiger partial charge on any atom is 0.411 e. The van der Waals surface area contributed by atoms with Gasteiger partial charge in [-0.25, -0.2) is 13.2 Å². The van der Waals surface area contributed by atoms with Crippen molar-refractivity contribution in [3.05, 3.63) is 54.1 Å². The van der Waals surface area contributed by atoms with E-state index in [1.165, 1.54) is 0 Å². The van der Waals surface area contributed by atoms with E-state index in [-0.39, 0.29) is 12.5 Å². The number of carbonyl (C=O) groups excluding carboxylic acids is 2. The highest BCUT2D eigenvalue weighted by Crippen LogP contribution is 2.22. The van der Waals surface area contributed by atoms with E-state index in [2.05, 4.69) is 10.6 Å². The zero-order chi connectivity index (χ0) is 22.3. The van der Waals surface area contributed by atoms with Crippen LogP contribution in [-0.4, -0.2) is 39.8 Å². The monoisotopic (exact) mass is 433 g/mol. The van der Waals surface area contributed by atoms with Gasteiger partial charge < -0.3 is 10.1 Å². The Balaban J connectivity index is 2.08. The largest absolute Gasteiger partial charge is 0.449 e. The Bertz CT molecular complexity index is 1010. The number of nitrogens with one attached hydrogen (secondary N) is 2. The van der Waals surface area contributed by atoms with Crippen molar-refractivity contribution in [2.45, 2.75) is 20.8 Å². The summed E-state index contributed by atoms with van der Waals surface area (Å²) in [4.78, 5) is 24.3. The first kappa shape index (κ1) is 23.2. The Morgan fingerprint density at radius 1 is 1.03 bits per heavy atom. The van der Waals surface area contributed by atoms with Crippen molar-refractivity contribution in [2.75, 3.05) is 34.3 Å². The highest BCUT2D eigenvalue weighted by molar-refractivity contribution is 7.92. The maximum atomic E-state index is 12.5. The fourth-order valence-corrected chi connectivity index (χ4v) is 3.54. The van der Waals surface area contributed by atoms with Gasteiger partial charge in [-0.1, -0.05) is 38.1 Å². The molecule has 0 radical (unpaired) electrons. The van der Waals surface area contributed by atoms with E-state index in [9.17, 15) is 18.0 Å². The van der Waals surface area contributed by atoms with Gasteiger partial charge in [0.25, 0.3) is 0 Å². The summed E-state index contributed by atoms with van der Waals surface area (Å²) in [5.41, 5.74) is 2.04. The van der Waals surface area contributed by atoms with Crippen LogP contribution >= 0.6 is 0 Å². The molecule has 0 unspecified atom stereocenters. The molecule has 2 amide bonds. The van der Waals surface area contributed by atoms with Gasteiger partial charge in [-0.05, 0) is 42.7 Å². The number of rotatable bonds is 8. The van der Waals surface area contributed by atoms with Crippen LogP contribution in [-0.2, 0) is 19.6 Å². The molecule has 9 heteroatoms. The molecule has 0 atom stereocenters. The lowest BCUT2D eigenvalue weighted by Gasteiger charge is -2.23. The van der Waals surface area contributed by atoms with Gasteiger partial charge in [0.1, 0.15) is 6.54 Å². The van der Waals surface area contributed by atoms with Gasteiger partial charge in [-0.3, -0.25) is 14.4 Å². The molecule has 162 valence electrons. The van der Waals surface area contributed by atoms with Crippen molar-refractivity contribution >= 4 is 39.1 Å². The molecule has 2 aromatic rings. The Morgan fingerprint density at radius 2 is 1.67 bits per heavy atom. The van der Waals surface area contributed by atoms with Crippen LogP contribution in [0.4, 0.5) is 21.9 Å². The predicted molar refractivity (Wildman–Crippen MR) is 118 cm³/mol. The van der Waals surface area contributed by atoms with Crippen LogP contribution in [0.1, 0.15) is 19.4 Å². The molecule has 2 rings (SSSR count). The van der Waals surface area contributed by atoms with Crippen LogP contribution in [0.25, 0.3) is 0 Å². The molecular formula is C21H27N3O5S. The minimum absolute atomic E-state index is 0.215. The molecule has 0 aliphatic heterocycles. The van der Waals surface area contributed by atoms with E-state index in [1.807, 2.05) is 13.8 Å². The summed E-state index contributed by atoms with van der Waals surface area (Å²) in [6.45, 7) is 5.56. The Morgan fingerprint density at radius 3 is 2.27 bits per heavy atom. The molecule has 8 nitrogen and oxygen atoms in total. The van der Waals surface area contributed by atoms with E-state index in [4.69, 9.17) is 4.74 Å². The minimum atomic E-state index is -3.67. The SMILES string of the molecule is Cc1ccccc1N(CC(=O)Nc1cccc(NC(=O)OCC(C)C)c1)S(C)(=O)=O. The van der Waals surface area contributed by atoms with Crippen LogP contribution in [0.3, 0.4) is 0 Å². The van der Waals surface area contributed by atoms with Crippen molar-refractivity contribution in [1.29, 1.82) is 0 Å². The molecule has 0 spiro atoms. The molecular weight excluding hydrogens is 406 g/mol. The van der Waals surface area contributed by atoms with Gasteiger partial charge in [0.05, 0.1) is 18.6 Å². The molecule has 0 aliphatic carbocycles. The number of nitrogens with zero attached hydrogens (tertiary/aromatic N) is 1. The molecule has 0 fully saturated rings. The number of aryl methyl sites for hydroxylation is 1. The summed E-state index contributed by atoms with van der Waals surface area (Å²) in [6.07, 6.45) is 0.468. The number of para-hydroxylation sites is 1. The third-order valence-corrected chi connectivity index (χ3v) is 5.14. The molecule has 2 aromatic carbocycles. The van der Waals surface area contributed by atoms with Crippen molar-refractivity contribution in [3.63, 3.8) is 0 Å². The number of hydrogen-bond acceptors (Lipinski definition) is 5. The Kier molecular flexibility index (Phi) is 7.82. The first-order valence-corrected chi connectivity index (χ1v) is 11.3. The van der Waals surface area contributed by atoms with E-state index in [0.29, 0.717) is 23.7 Å². The minimum Gasteiger partial charge on any atom is -0.449 e. The second-order valence-electron chi connectivity index (χ2n) is 7.30. The Labute approximate surface area is 177 Å². The topological polar surface area (TPSA) is 105 Å². The number of benzene rings is 2. The fraction of sp³-hybridized carbons (Fsp3) is 0.333. The highest BCUT2D eigenvalue weighted by Gasteiger charge is 2.22. The summed E-state index contributed by atoms with van der Waals surface area (Å²) in [5, 5.41) is 5.25. The molecule has 0 saturated carbocycles. The van der Waals surface area contributed by atoms with Crippen LogP contribution < -0.4 is 14.9 Å². The molecule has 30 heavy (non-hydrogen) atoms. The van der Waals surface area contributed by atoms with E-state index >= 15 is 0 Å². The second-order valence-corrected chi connectivity index (χ2v) is 9.21. The summed E-state index contributed by atoms with van der Waals surface area (Å²) in [7, 11) is -3.67. The number of carbonyl (C=O) groups is 2. The van der Waals surface area contributed by atoms with Gasteiger partial charge in [0.2, 0.25) is 15.9 Å². The van der Waals surface area contributed by atoms with Gasteiger partial charge in [-0.2, -0.15) is 0 Å². The zero-order valence-electron chi connectivity index (χ0n) is 17.5. The van der Waals surface area contributed by atoms with Gasteiger partial charge >= 0.3 is 6.09 Å². The third kappa shape index (κ3) is 7.07. The number of hydrogen-bond donors (Lipinski definition) is 2. The van der Waals surface area contributed by atoms with Crippen LogP contribution in [0, 0.1) is 12.8 Å². The average Bonchev–Trinajstić information content (AvgIpc) is 2.64. The lowest BCUT2D eigenvalue weighted by atomic mass is 10.2. The lowest BCUT2D eigenvalue weighted by molar-refractivity contribution is -0.114. The standard InChI is InChI=1S/C21H27N3O5S/c1-15(2)14-29-21(26)23-18-10-7-9-17(12-18)22-20(25)13-24(30(4,27)28)19-11-6-5-8-16(19)3/h5-12,15H,13-14H2,1-4H3,(H,22,25)(H,23,26). The maximum absolute atomic E-state index is 12.5. The van der Waals surface area contributed by atoms with E-state index in [1.54, 1.807) is 55.5 Å². The number of sulfonamides is 1. The summed E-state index contributed by atoms with van der Waals surface area (Å²) in [6, 6.07) is 13.5. The first-order valence-electron chi connectivity index (χ1n) is 9.43. The lowest BCUT2D eigenvalue weighted by Crippen LogP contribution is -2.37. The third-order valence-electron chi connectivity index (χ3n) is 4.01. The van der Waals surface area contributed by atoms with Gasteiger partial charge in [-0.15, -0.1) is 0 Å². The van der Waals surface area contributed by atoms with Crippen molar-refractivity contribution in [1.82, 2.24) is 0 Å². The van der Waals surface area contributed by atoms with E-state index < -0.39 is 22.0 Å². The predicted octanol–water partition coefficient (Wildman–Crippen LogP) is 3.60. The highest BCUT2D eigenvalue weighted by atomic mass is 32.2. The summed E-state index contributed by atoms with van der Waals surface area (Å²) in [5.74, 6) is -0.296. The molecule has 0 bridgehead atoms. The Hall–Kier alpha value is -3.07. The fourth-order valence-electron chi connectivity index (χ4n) is 2.63. The zero-order valence-corrected chi connectivity index (χ0v) is 18.3. The first-order chi connectivity index (χ1) is 14.1. The number of amides is 2. The second kappa shape index (κ2) is 10.1. The number of ether oxygens (including phenoxy) is 1. The summed E-state index contributed by atoms with van der Waals surface area (Å²) < 4.78 is 30.6. The van der Waals surface area contributed by atoms with E-state index in [0.717, 1.165) is 16.1 Å². The van der Waals surface area contributed by atoms with Crippen molar-refractivity contribution in [3.8, 4) is 0 Å². The number of anilines is 3. The normalized spacial score (nSPS) is 11.1. The van der Waals surface area contributed by atoms with Crippen LogP contribution in [0.15, 0.2) is 48.5 Å². The van der Waals surface area contributed by atoms with Gasteiger partial charge in [0, 0.05) is 11.4 Å². The average molecular weight is 434 g/mol. The molecule has 0 heterocycles. The molecule has 0 aliphatic rings. The van der Waals surface area contributed by atoms with Crippen LogP contribution in [0.2, 0.25) is 0 Å². The molecule has 2 N–H and O–H groups in total. The van der Waals surface area contributed by atoms with Crippen molar-refractivity contribution in [2.24, 2.45) is 5.92 Å². The summed E-state index contributed by atoms with van der Waals surface area (Å²) >= 11 is 0. The molecule has 0 saturated heterocycles. The van der Waals surface area contributed by atoms with Crippen LogP contribution in [0.5, 0.6) is 0 Å².